The molecule has 0 spiro atoms. The second-order valence-electron chi connectivity index (χ2n) is 5.59. The molecule has 20 heavy (non-hydrogen) atoms. The van der Waals surface area contributed by atoms with Crippen molar-refractivity contribution in [3.8, 4) is 0 Å². The zero-order valence-electron chi connectivity index (χ0n) is 12.0. The van der Waals surface area contributed by atoms with Crippen LogP contribution in [-0.2, 0) is 19.6 Å². The quantitative estimate of drug-likeness (QED) is 0.666. The van der Waals surface area contributed by atoms with E-state index in [1.807, 2.05) is 11.8 Å². The summed E-state index contributed by atoms with van der Waals surface area (Å²) in [6, 6.07) is 0. The van der Waals surface area contributed by atoms with Crippen LogP contribution < -0.4 is 0 Å². The van der Waals surface area contributed by atoms with Gasteiger partial charge < -0.3 is 18.9 Å². The van der Waals surface area contributed by atoms with Crippen LogP contribution in [0, 0.1) is 0 Å². The molecule has 0 aliphatic carbocycles. The van der Waals surface area contributed by atoms with Gasteiger partial charge in [-0.2, -0.15) is 11.8 Å². The van der Waals surface area contributed by atoms with Gasteiger partial charge in [0.15, 0.2) is 0 Å². The Bertz CT molecular complexity index is 430. The third-order valence-corrected chi connectivity index (χ3v) is 5.82. The van der Waals surface area contributed by atoms with Crippen LogP contribution in [0.25, 0.3) is 0 Å². The fraction of sp³-hybridized carbons (Fsp3) is 1.00. The van der Waals surface area contributed by atoms with Crippen LogP contribution in [0.3, 0.4) is 0 Å². The largest absolute Gasteiger partial charge is 0.748 e. The monoisotopic (exact) mass is 324 g/mol. The zero-order chi connectivity index (χ0) is 14.9. The molecule has 0 aromatic heterocycles. The number of thioether (sulfide) groups is 1. The van der Waals surface area contributed by atoms with Gasteiger partial charge in [0.25, 0.3) is 0 Å². The zero-order valence-corrected chi connectivity index (χ0v) is 13.7. The highest BCUT2D eigenvalue weighted by molar-refractivity contribution is 8.00. The SMILES string of the molecule is CC1SC(C)C2OC(CN(C)CCS(=O)(=O)[O-])COC12. The van der Waals surface area contributed by atoms with E-state index in [-0.39, 0.29) is 30.6 Å². The van der Waals surface area contributed by atoms with Crippen molar-refractivity contribution < 1.29 is 22.4 Å². The van der Waals surface area contributed by atoms with E-state index >= 15 is 0 Å². The van der Waals surface area contributed by atoms with E-state index in [1.165, 1.54) is 0 Å². The first kappa shape index (κ1) is 16.5. The lowest BCUT2D eigenvalue weighted by Crippen LogP contribution is -2.49. The Labute approximate surface area is 124 Å². The Kier molecular flexibility index (Phi) is 5.36. The molecule has 0 radical (unpaired) electrons. The average Bonchev–Trinajstić information content (AvgIpc) is 2.62. The molecule has 2 heterocycles. The number of nitrogens with zero attached hydrogens (tertiary/aromatic N) is 1. The number of ether oxygens (including phenoxy) is 2. The number of likely N-dealkylation sites (N-methyl/N-ethyl adjacent to an activating group) is 1. The van der Waals surface area contributed by atoms with Crippen molar-refractivity contribution in [3.63, 3.8) is 0 Å². The molecule has 5 atom stereocenters. The van der Waals surface area contributed by atoms with Gasteiger partial charge in [-0.25, -0.2) is 8.42 Å². The maximum absolute atomic E-state index is 10.6. The molecule has 2 rings (SSSR count). The fourth-order valence-corrected chi connectivity index (χ4v) is 4.70. The van der Waals surface area contributed by atoms with Crippen LogP contribution in [0.5, 0.6) is 0 Å². The summed E-state index contributed by atoms with van der Waals surface area (Å²) in [6.45, 7) is 5.62. The van der Waals surface area contributed by atoms with Gasteiger partial charge in [0.05, 0.1) is 40.8 Å². The molecular formula is C12H22NO5S2-. The van der Waals surface area contributed by atoms with Crippen molar-refractivity contribution in [1.29, 1.82) is 0 Å². The maximum Gasteiger partial charge on any atom is 0.0968 e. The Hall–Kier alpha value is 0.140. The van der Waals surface area contributed by atoms with Crippen molar-refractivity contribution >= 4 is 21.9 Å². The van der Waals surface area contributed by atoms with E-state index < -0.39 is 10.1 Å². The second-order valence-corrected chi connectivity index (χ2v) is 8.87. The van der Waals surface area contributed by atoms with Crippen LogP contribution in [0.1, 0.15) is 13.8 Å². The Morgan fingerprint density at radius 3 is 2.60 bits per heavy atom. The summed E-state index contributed by atoms with van der Waals surface area (Å²) in [4.78, 5) is 1.81. The van der Waals surface area contributed by atoms with Crippen molar-refractivity contribution in [1.82, 2.24) is 4.90 Å². The van der Waals surface area contributed by atoms with Crippen LogP contribution in [0.2, 0.25) is 0 Å². The van der Waals surface area contributed by atoms with Gasteiger partial charge in [-0.15, -0.1) is 0 Å². The standard InChI is InChI=1S/C12H23NO5S2/c1-8-11-12(9(2)19-8)18-10(7-17-11)6-13(3)4-5-20(14,15)16/h8-12H,4-7H2,1-3H3,(H,14,15,16)/p-1. The van der Waals surface area contributed by atoms with E-state index in [4.69, 9.17) is 9.47 Å². The summed E-state index contributed by atoms with van der Waals surface area (Å²) in [7, 11) is -2.37. The highest BCUT2D eigenvalue weighted by atomic mass is 32.2. The summed E-state index contributed by atoms with van der Waals surface area (Å²) in [5.74, 6) is -0.369. The summed E-state index contributed by atoms with van der Waals surface area (Å²) < 4.78 is 43.8. The Morgan fingerprint density at radius 2 is 1.95 bits per heavy atom. The first-order chi connectivity index (χ1) is 9.26. The molecule has 0 amide bonds. The van der Waals surface area contributed by atoms with Gasteiger partial charge in [0.1, 0.15) is 0 Å². The second kappa shape index (κ2) is 6.50. The maximum atomic E-state index is 10.6. The van der Waals surface area contributed by atoms with Crippen LogP contribution >= 0.6 is 11.8 Å². The fourth-order valence-electron chi connectivity index (χ4n) is 2.73. The van der Waals surface area contributed by atoms with Crippen molar-refractivity contribution in [2.75, 3.05) is 32.5 Å². The van der Waals surface area contributed by atoms with Gasteiger partial charge in [0.2, 0.25) is 0 Å². The van der Waals surface area contributed by atoms with Crippen molar-refractivity contribution in [2.24, 2.45) is 0 Å². The molecule has 0 aromatic carbocycles. The molecule has 2 saturated heterocycles. The van der Waals surface area contributed by atoms with E-state index in [0.29, 0.717) is 23.7 Å². The molecule has 2 aliphatic rings. The van der Waals surface area contributed by atoms with E-state index in [2.05, 4.69) is 13.8 Å². The molecule has 0 saturated carbocycles. The van der Waals surface area contributed by atoms with Gasteiger partial charge in [-0.3, -0.25) is 0 Å². The number of fused-ring (bicyclic) bond motifs is 1. The highest BCUT2D eigenvalue weighted by Crippen LogP contribution is 2.39. The molecule has 6 nitrogen and oxygen atoms in total. The third kappa shape index (κ3) is 4.32. The predicted molar refractivity (Wildman–Crippen MR) is 77.0 cm³/mol. The first-order valence-corrected chi connectivity index (χ1v) is 9.33. The van der Waals surface area contributed by atoms with Crippen molar-refractivity contribution in [3.05, 3.63) is 0 Å². The number of hydrogen-bond donors (Lipinski definition) is 0. The van der Waals surface area contributed by atoms with Crippen molar-refractivity contribution in [2.45, 2.75) is 42.7 Å². The van der Waals surface area contributed by atoms with Crippen LogP contribution in [-0.4, -0.2) is 79.2 Å². The third-order valence-electron chi connectivity index (χ3n) is 3.74. The highest BCUT2D eigenvalue weighted by Gasteiger charge is 2.45. The minimum atomic E-state index is -4.16. The topological polar surface area (TPSA) is 78.9 Å². The van der Waals surface area contributed by atoms with E-state index in [0.717, 1.165) is 0 Å². The molecule has 118 valence electrons. The smallest absolute Gasteiger partial charge is 0.0968 e. The Balaban J connectivity index is 1.80. The molecule has 0 aromatic rings. The minimum absolute atomic E-state index is 0.0658. The molecule has 0 bridgehead atoms. The lowest BCUT2D eigenvalue weighted by Gasteiger charge is -2.36. The van der Waals surface area contributed by atoms with Crippen LogP contribution in [0.15, 0.2) is 0 Å². The molecule has 2 fully saturated rings. The van der Waals surface area contributed by atoms with Gasteiger partial charge in [0, 0.05) is 23.6 Å². The molecule has 0 N–H and O–H groups in total. The first-order valence-electron chi connectivity index (χ1n) is 6.81. The lowest BCUT2D eigenvalue weighted by molar-refractivity contribution is -0.176. The summed E-state index contributed by atoms with van der Waals surface area (Å²) in [5.41, 5.74) is 0. The summed E-state index contributed by atoms with van der Waals surface area (Å²) in [6.07, 6.45) is 0.188. The average molecular weight is 324 g/mol. The molecule has 5 unspecified atom stereocenters. The van der Waals surface area contributed by atoms with Gasteiger partial charge in [-0.1, -0.05) is 13.8 Å². The number of rotatable bonds is 5. The normalized spacial score (nSPS) is 38.1. The van der Waals surface area contributed by atoms with Crippen LogP contribution in [0.4, 0.5) is 0 Å². The lowest BCUT2D eigenvalue weighted by atomic mass is 10.1. The molecule has 2 aliphatic heterocycles. The van der Waals surface area contributed by atoms with E-state index in [1.54, 1.807) is 11.9 Å². The predicted octanol–water partition coefficient (Wildman–Crippen LogP) is 0.140. The summed E-state index contributed by atoms with van der Waals surface area (Å²) in [5, 5.41) is 0.851. The molecule has 8 heteroatoms. The van der Waals surface area contributed by atoms with E-state index in [9.17, 15) is 13.0 Å². The minimum Gasteiger partial charge on any atom is -0.748 e. The number of hydrogen-bond acceptors (Lipinski definition) is 7. The van der Waals surface area contributed by atoms with Gasteiger partial charge >= 0.3 is 0 Å². The molecular weight excluding hydrogens is 302 g/mol. The Morgan fingerprint density at radius 1 is 1.30 bits per heavy atom. The van der Waals surface area contributed by atoms with Gasteiger partial charge in [-0.05, 0) is 7.05 Å². The summed E-state index contributed by atoms with van der Waals surface area (Å²) >= 11 is 1.88.